The number of carbonyl (C=O) groups is 10. The van der Waals surface area contributed by atoms with Crippen LogP contribution in [-0.2, 0) is 60.6 Å². The Labute approximate surface area is 856 Å². The Bertz CT molecular complexity index is 3970. The van der Waals surface area contributed by atoms with Crippen molar-refractivity contribution in [1.29, 1.82) is 0 Å². The van der Waals surface area contributed by atoms with E-state index in [1.807, 2.05) is 147 Å². The molecular weight excluding hydrogens is 1830 g/mol. The van der Waals surface area contributed by atoms with Crippen LogP contribution in [-0.4, -0.2) is 290 Å². The summed E-state index contributed by atoms with van der Waals surface area (Å²) in [6.07, 6.45) is 26.8. The number of carbonyl (C=O) groups excluding carboxylic acids is 10. The zero-order valence-electron chi connectivity index (χ0n) is 91.1. The minimum atomic E-state index is -3.37. The van der Waals surface area contributed by atoms with E-state index in [1.54, 1.807) is 19.6 Å². The summed E-state index contributed by atoms with van der Waals surface area (Å²) in [6, 6.07) is 19.5. The molecule has 3 aliphatic carbocycles. The van der Waals surface area contributed by atoms with Gasteiger partial charge in [0.05, 0.1) is 19.3 Å². The molecule has 8 saturated heterocycles. The van der Waals surface area contributed by atoms with Crippen LogP contribution in [0.5, 0.6) is 0 Å². The van der Waals surface area contributed by atoms with Gasteiger partial charge in [-0.2, -0.15) is 8.78 Å². The second-order valence-corrected chi connectivity index (χ2v) is 43.9. The van der Waals surface area contributed by atoms with Crippen molar-refractivity contribution in [2.75, 3.05) is 144 Å². The van der Waals surface area contributed by atoms with E-state index in [1.165, 1.54) is 28.9 Å². The van der Waals surface area contributed by atoms with Crippen LogP contribution in [0, 0.1) is 53.3 Å². The summed E-state index contributed by atoms with van der Waals surface area (Å²) in [5, 5.41) is 0. The van der Waals surface area contributed by atoms with E-state index < -0.39 is 12.2 Å². The maximum atomic E-state index is 12.3. The summed E-state index contributed by atoms with van der Waals surface area (Å²) in [7, 11) is 0. The first-order chi connectivity index (χ1) is 67.8. The van der Waals surface area contributed by atoms with Crippen molar-refractivity contribution in [1.82, 2.24) is 49.0 Å². The predicted molar refractivity (Wildman–Crippen MR) is 553 cm³/mol. The zero-order valence-corrected chi connectivity index (χ0v) is 91.1. The van der Waals surface area contributed by atoms with Crippen molar-refractivity contribution in [2.24, 2.45) is 53.3 Å². The van der Waals surface area contributed by atoms with Gasteiger partial charge in [-0.25, -0.2) is 47.9 Å². The molecule has 2 aromatic carbocycles. The van der Waals surface area contributed by atoms with Crippen LogP contribution in [0.4, 0.5) is 56.7 Å². The Hall–Kier alpha value is -9.52. The van der Waals surface area contributed by atoms with Gasteiger partial charge in [0.25, 0.3) is 0 Å². The molecule has 13 aliphatic rings. The molecular formula is C111H184F2N10O20. The van der Waals surface area contributed by atoms with Gasteiger partial charge in [-0.05, 0) is 294 Å². The molecule has 812 valence electrons. The Kier molecular flexibility index (Phi) is 55.1. The van der Waals surface area contributed by atoms with E-state index in [0.717, 1.165) is 318 Å². The summed E-state index contributed by atoms with van der Waals surface area (Å²) in [5.74, 6) is 6.24. The Balaban J connectivity index is 0.000000244. The molecule has 0 spiro atoms. The molecule has 2 aromatic rings. The molecule has 0 radical (unpaired) electrons. The number of halogens is 2. The number of rotatable bonds is 12. The molecule has 0 atom stereocenters. The third kappa shape index (κ3) is 51.9. The van der Waals surface area contributed by atoms with E-state index in [4.69, 9.17) is 42.6 Å². The smallest absolute Gasteiger partial charge is 0.414 e. The number of hydrogen-bond donors (Lipinski definition) is 0. The lowest BCUT2D eigenvalue weighted by Gasteiger charge is -2.33. The molecule has 0 unspecified atom stereocenters. The highest BCUT2D eigenvalue weighted by molar-refractivity contribution is 5.72. The van der Waals surface area contributed by atoms with Gasteiger partial charge >= 0.3 is 67.0 Å². The lowest BCUT2D eigenvalue weighted by Crippen LogP contribution is -2.41. The fraction of sp³-hybridized carbons (Fsp3) is 0.766. The number of piperidine rings is 8. The van der Waals surface area contributed by atoms with Crippen molar-refractivity contribution in [3.63, 3.8) is 0 Å². The zero-order chi connectivity index (χ0) is 105. The van der Waals surface area contributed by atoms with Crippen LogP contribution in [0.2, 0.25) is 0 Å². The fourth-order valence-electron chi connectivity index (χ4n) is 16.4. The van der Waals surface area contributed by atoms with Crippen LogP contribution in [0.15, 0.2) is 84.0 Å². The average molecular weight is 2020 g/mol. The summed E-state index contributed by atoms with van der Waals surface area (Å²) < 4.78 is 75.7. The lowest BCUT2D eigenvalue weighted by atomic mass is 9.96. The molecule has 0 aromatic heterocycles. The molecule has 3 saturated carbocycles. The number of amides is 10. The number of alkyl halides is 2. The third-order valence-electron chi connectivity index (χ3n) is 27.9. The Morgan fingerprint density at radius 1 is 0.350 bits per heavy atom. The molecule has 10 amide bonds. The molecule has 11 fully saturated rings. The molecule has 0 bridgehead atoms. The first-order valence-corrected chi connectivity index (χ1v) is 54.0. The quantitative estimate of drug-likeness (QED) is 0.141. The van der Waals surface area contributed by atoms with Crippen molar-refractivity contribution >= 4 is 60.9 Å². The van der Waals surface area contributed by atoms with E-state index in [0.29, 0.717) is 64.8 Å². The van der Waals surface area contributed by atoms with Crippen LogP contribution in [0.1, 0.15) is 317 Å². The monoisotopic (exact) mass is 2020 g/mol. The molecule has 30 nitrogen and oxygen atoms in total. The first kappa shape index (κ1) is 122. The normalized spacial score (nSPS) is 20.0. The standard InChI is InChI=1S/C14H19NO2.C14H17NO2.2C11H19NO2.C11H17NO2.2C11H21NO2.C10H19NO2.C9H15F2NO2.C9H17NO2/c2*1-12-7-9-15(10-8-12)14(16)17-11-13-5-3-2-4-6-13;1-9-3-7-12(8-4-9)10(13)14-11(2)5-6-11;2*1-9-5-7-12(8-6-9)11(13)14-10-3-2-4-10;1-9-5-7-12(8-6-9)10(13)14-11(2,3)4;1-9(2)8-14-11(13)12-6-4-10(3)5-7-12;1-8(2)13-10(12)11-6-4-9(3)5-7-11;1-7-3-5-12(6-4-7)8(13)14-9(2,10)11;1-3-12-9(11)10-6-4-8(2)5-7-10/h2-6,12H,7-11H2,1H3;2-7H,8-11H2,1H3;9H,3-8H2,1-2H3;9-10H,2-8H2,1H3;5,10H,2-4,6-8H2,1H3;9H,5-8H2,1-4H3;9-10H,4-8H2,1-3H3;8-9H,4-7H2,1-3H3;7H,3-6H2,1-2H3;8H,3-7H2,1-2H3. The van der Waals surface area contributed by atoms with Crippen molar-refractivity contribution in [3.8, 4) is 0 Å². The van der Waals surface area contributed by atoms with Gasteiger partial charge in [0.1, 0.15) is 36.6 Å². The van der Waals surface area contributed by atoms with Gasteiger partial charge < -0.3 is 96.4 Å². The van der Waals surface area contributed by atoms with Crippen LogP contribution in [0.3, 0.4) is 0 Å². The molecule has 143 heavy (non-hydrogen) atoms. The van der Waals surface area contributed by atoms with Crippen LogP contribution in [0.25, 0.3) is 0 Å². The van der Waals surface area contributed by atoms with Gasteiger partial charge in [-0.3, -0.25) is 0 Å². The molecule has 15 rings (SSSR count). The highest BCUT2D eigenvalue weighted by Gasteiger charge is 2.43. The predicted octanol–water partition coefficient (Wildman–Crippen LogP) is 24.9. The summed E-state index contributed by atoms with van der Waals surface area (Å²) in [5.41, 5.74) is 4.27. The van der Waals surface area contributed by atoms with Crippen molar-refractivity contribution < 1.29 is 104 Å². The maximum Gasteiger partial charge on any atom is 0.414 e. The number of nitrogens with zero attached hydrogens (tertiary/aromatic N) is 10. The second-order valence-electron chi connectivity index (χ2n) is 43.9. The van der Waals surface area contributed by atoms with E-state index in [-0.39, 0.29) is 84.4 Å². The second kappa shape index (κ2) is 64.5. The minimum Gasteiger partial charge on any atom is -0.450 e. The third-order valence-corrected chi connectivity index (χ3v) is 27.9. The highest BCUT2D eigenvalue weighted by Crippen LogP contribution is 2.40. The number of hydrogen-bond acceptors (Lipinski definition) is 20. The average Bonchev–Trinajstić information content (AvgIpc) is 1.67. The highest BCUT2D eigenvalue weighted by atomic mass is 19.3. The first-order valence-electron chi connectivity index (χ1n) is 54.0. The number of benzene rings is 2. The van der Waals surface area contributed by atoms with Crippen molar-refractivity contribution in [3.05, 3.63) is 95.1 Å². The summed E-state index contributed by atoms with van der Waals surface area (Å²) in [4.78, 5) is 133. The SMILES string of the molecule is CC(C)COC(=O)N1CCC(C)CC1.CC1=CCN(C(=O)OC2CCC2)CC1.CC1=CCN(C(=O)OCc2ccccc2)CC1.CC1CCN(C(=O)OC(C)(C)C)CC1.CC1CCN(C(=O)OC(C)(F)F)CC1.CC1CCN(C(=O)OC(C)C)CC1.CC1CCN(C(=O)OC2(C)CC2)CC1.CC1CCN(C(=O)OC2CCC2)CC1.CC1CCN(C(=O)OCc2ccccc2)CC1.CCOC(=O)N1CCC(C)CC1. The van der Waals surface area contributed by atoms with Gasteiger partial charge in [-0.15, -0.1) is 0 Å². The minimum absolute atomic E-state index is 0.00755. The Morgan fingerprint density at radius 3 is 0.895 bits per heavy atom. The molecule has 10 heterocycles. The molecule has 0 N–H and O–H groups in total. The summed E-state index contributed by atoms with van der Waals surface area (Å²) in [6.45, 7) is 57.6. The van der Waals surface area contributed by atoms with Gasteiger partial charge in [-0.1, -0.05) is 153 Å². The van der Waals surface area contributed by atoms with E-state index in [2.05, 4.69) is 86.1 Å². The number of ether oxygens (including phenoxy) is 10. The van der Waals surface area contributed by atoms with Crippen LogP contribution >= 0.6 is 0 Å². The van der Waals surface area contributed by atoms with E-state index in [9.17, 15) is 56.7 Å². The molecule has 32 heteroatoms. The summed E-state index contributed by atoms with van der Waals surface area (Å²) >= 11 is 0. The Morgan fingerprint density at radius 2 is 0.622 bits per heavy atom. The molecule has 10 aliphatic heterocycles. The number of likely N-dealkylation sites (tertiary alicyclic amines) is 8. The van der Waals surface area contributed by atoms with Crippen molar-refractivity contribution in [2.45, 2.75) is 354 Å². The topological polar surface area (TPSA) is 295 Å². The fourth-order valence-corrected chi connectivity index (χ4v) is 16.4. The largest absolute Gasteiger partial charge is 0.450 e. The maximum absolute atomic E-state index is 12.3. The van der Waals surface area contributed by atoms with Gasteiger partial charge in [0.2, 0.25) is 0 Å². The van der Waals surface area contributed by atoms with Gasteiger partial charge in [0.15, 0.2) is 0 Å². The van der Waals surface area contributed by atoms with Gasteiger partial charge in [0, 0.05) is 138 Å². The lowest BCUT2D eigenvalue weighted by molar-refractivity contribution is -0.189. The van der Waals surface area contributed by atoms with E-state index >= 15 is 0 Å². The van der Waals surface area contributed by atoms with Crippen LogP contribution < -0.4 is 0 Å².